The highest BCUT2D eigenvalue weighted by molar-refractivity contribution is 9.10. The van der Waals surface area contributed by atoms with Crippen molar-refractivity contribution in [3.8, 4) is 0 Å². The second-order valence-corrected chi connectivity index (χ2v) is 5.93. The Bertz CT molecular complexity index is 407. The first-order chi connectivity index (χ1) is 7.99. The SMILES string of the molecule is Cc1nn(C)c(CN2CCC(N)C(C)C2)c1Br.Cl. The van der Waals surface area contributed by atoms with Crippen LogP contribution in [-0.2, 0) is 13.6 Å². The van der Waals surface area contributed by atoms with E-state index in [-0.39, 0.29) is 12.4 Å². The standard InChI is InChI=1S/C12H21BrN4.ClH/c1-8-6-17(5-4-10(8)14)7-11-12(13)9(2)15-16(11)3;/h8,10H,4-7,14H2,1-3H3;1H. The van der Waals surface area contributed by atoms with Gasteiger partial charge in [-0.3, -0.25) is 9.58 Å². The number of nitrogens with zero attached hydrogens (tertiary/aromatic N) is 3. The van der Waals surface area contributed by atoms with Crippen LogP contribution in [0, 0.1) is 12.8 Å². The van der Waals surface area contributed by atoms with Crippen LogP contribution in [0.3, 0.4) is 0 Å². The normalized spacial score (nSPS) is 24.9. The molecule has 2 atom stereocenters. The molecule has 18 heavy (non-hydrogen) atoms. The molecule has 0 bridgehead atoms. The number of nitrogens with two attached hydrogens (primary N) is 1. The van der Waals surface area contributed by atoms with Gasteiger partial charge in [-0.2, -0.15) is 5.10 Å². The van der Waals surface area contributed by atoms with Crippen LogP contribution in [0.15, 0.2) is 4.47 Å². The van der Waals surface area contributed by atoms with Crippen LogP contribution in [0.4, 0.5) is 0 Å². The Morgan fingerprint density at radius 1 is 1.50 bits per heavy atom. The zero-order valence-electron chi connectivity index (χ0n) is 11.2. The third-order valence-electron chi connectivity index (χ3n) is 3.69. The summed E-state index contributed by atoms with van der Waals surface area (Å²) in [6.07, 6.45) is 1.09. The number of aryl methyl sites for hydroxylation is 2. The lowest BCUT2D eigenvalue weighted by Gasteiger charge is -2.35. The van der Waals surface area contributed by atoms with Gasteiger partial charge in [0.05, 0.1) is 15.9 Å². The molecule has 1 saturated heterocycles. The molecule has 0 spiro atoms. The van der Waals surface area contributed by atoms with E-state index in [0.717, 1.165) is 36.2 Å². The molecule has 104 valence electrons. The summed E-state index contributed by atoms with van der Waals surface area (Å²) in [5, 5.41) is 4.43. The molecule has 2 rings (SSSR count). The van der Waals surface area contributed by atoms with Gasteiger partial charge in [0, 0.05) is 32.7 Å². The lowest BCUT2D eigenvalue weighted by atomic mass is 9.95. The van der Waals surface area contributed by atoms with E-state index in [0.29, 0.717) is 12.0 Å². The second-order valence-electron chi connectivity index (χ2n) is 5.13. The van der Waals surface area contributed by atoms with E-state index < -0.39 is 0 Å². The summed E-state index contributed by atoms with van der Waals surface area (Å²) in [5.41, 5.74) is 8.36. The fourth-order valence-corrected chi connectivity index (χ4v) is 2.92. The summed E-state index contributed by atoms with van der Waals surface area (Å²) in [4.78, 5) is 2.47. The third-order valence-corrected chi connectivity index (χ3v) is 4.72. The predicted octanol–water partition coefficient (Wildman–Crippen LogP) is 2.08. The summed E-state index contributed by atoms with van der Waals surface area (Å²) in [6.45, 7) is 7.39. The molecule has 2 unspecified atom stereocenters. The van der Waals surface area contributed by atoms with Crippen LogP contribution in [0.25, 0.3) is 0 Å². The van der Waals surface area contributed by atoms with E-state index in [1.807, 2.05) is 18.7 Å². The molecular formula is C12H22BrClN4. The molecular weight excluding hydrogens is 316 g/mol. The van der Waals surface area contributed by atoms with Gasteiger partial charge in [-0.25, -0.2) is 0 Å². The van der Waals surface area contributed by atoms with Crippen LogP contribution in [0.1, 0.15) is 24.7 Å². The van der Waals surface area contributed by atoms with Crippen molar-refractivity contribution in [1.29, 1.82) is 0 Å². The lowest BCUT2D eigenvalue weighted by molar-refractivity contribution is 0.154. The Balaban J connectivity index is 0.00000162. The van der Waals surface area contributed by atoms with Gasteiger partial charge in [0.15, 0.2) is 0 Å². The number of hydrogen-bond donors (Lipinski definition) is 1. The first kappa shape index (κ1) is 16.0. The number of aromatic nitrogens is 2. The van der Waals surface area contributed by atoms with E-state index in [1.165, 1.54) is 5.69 Å². The van der Waals surface area contributed by atoms with E-state index in [9.17, 15) is 0 Å². The maximum absolute atomic E-state index is 6.04. The van der Waals surface area contributed by atoms with Crippen molar-refractivity contribution in [2.24, 2.45) is 18.7 Å². The van der Waals surface area contributed by atoms with E-state index >= 15 is 0 Å². The molecule has 4 nitrogen and oxygen atoms in total. The van der Waals surface area contributed by atoms with Crippen LogP contribution >= 0.6 is 28.3 Å². The molecule has 1 aromatic rings. The first-order valence-corrected chi connectivity index (χ1v) is 6.94. The Hall–Kier alpha value is -0.100. The quantitative estimate of drug-likeness (QED) is 0.899. The molecule has 0 aromatic carbocycles. The van der Waals surface area contributed by atoms with Gasteiger partial charge in [-0.05, 0) is 35.2 Å². The summed E-state index contributed by atoms with van der Waals surface area (Å²) in [5.74, 6) is 0.580. The summed E-state index contributed by atoms with van der Waals surface area (Å²) < 4.78 is 3.11. The van der Waals surface area contributed by atoms with Crippen molar-refractivity contribution < 1.29 is 0 Å². The molecule has 0 radical (unpaired) electrons. The fraction of sp³-hybridized carbons (Fsp3) is 0.750. The minimum absolute atomic E-state index is 0. The number of halogens is 2. The van der Waals surface area contributed by atoms with Gasteiger partial charge in [-0.15, -0.1) is 12.4 Å². The molecule has 1 aliphatic heterocycles. The Morgan fingerprint density at radius 2 is 2.17 bits per heavy atom. The van der Waals surface area contributed by atoms with Crippen molar-refractivity contribution in [1.82, 2.24) is 14.7 Å². The monoisotopic (exact) mass is 336 g/mol. The molecule has 1 fully saturated rings. The highest BCUT2D eigenvalue weighted by Crippen LogP contribution is 2.24. The number of hydrogen-bond acceptors (Lipinski definition) is 3. The Morgan fingerprint density at radius 3 is 2.67 bits per heavy atom. The van der Waals surface area contributed by atoms with Crippen LogP contribution in [0.5, 0.6) is 0 Å². The number of piperidine rings is 1. The van der Waals surface area contributed by atoms with E-state index in [2.05, 4.69) is 32.9 Å². The zero-order chi connectivity index (χ0) is 12.6. The average molecular weight is 338 g/mol. The molecule has 0 saturated carbocycles. The molecule has 0 amide bonds. The Labute approximate surface area is 123 Å². The summed E-state index contributed by atoms with van der Waals surface area (Å²) in [6, 6.07) is 0.364. The topological polar surface area (TPSA) is 47.1 Å². The van der Waals surface area contributed by atoms with Gasteiger partial charge in [0.2, 0.25) is 0 Å². The van der Waals surface area contributed by atoms with Crippen molar-refractivity contribution >= 4 is 28.3 Å². The predicted molar refractivity (Wildman–Crippen MR) is 79.9 cm³/mol. The Kier molecular flexibility index (Phi) is 5.65. The van der Waals surface area contributed by atoms with Gasteiger partial charge in [0.1, 0.15) is 0 Å². The largest absolute Gasteiger partial charge is 0.327 e. The highest BCUT2D eigenvalue weighted by atomic mass is 79.9. The summed E-state index contributed by atoms with van der Waals surface area (Å²) >= 11 is 3.62. The first-order valence-electron chi connectivity index (χ1n) is 6.15. The summed E-state index contributed by atoms with van der Waals surface area (Å²) in [7, 11) is 2.01. The number of rotatable bonds is 2. The third kappa shape index (κ3) is 3.26. The smallest absolute Gasteiger partial charge is 0.0739 e. The van der Waals surface area contributed by atoms with Gasteiger partial charge in [0.25, 0.3) is 0 Å². The van der Waals surface area contributed by atoms with Crippen LogP contribution in [-0.4, -0.2) is 33.8 Å². The van der Waals surface area contributed by atoms with Crippen molar-refractivity contribution in [2.75, 3.05) is 13.1 Å². The van der Waals surface area contributed by atoms with E-state index in [1.54, 1.807) is 0 Å². The van der Waals surface area contributed by atoms with Crippen molar-refractivity contribution in [2.45, 2.75) is 32.9 Å². The van der Waals surface area contributed by atoms with Gasteiger partial charge in [-0.1, -0.05) is 6.92 Å². The lowest BCUT2D eigenvalue weighted by Crippen LogP contribution is -2.45. The maximum Gasteiger partial charge on any atom is 0.0739 e. The molecule has 6 heteroatoms. The molecule has 2 heterocycles. The van der Waals surface area contributed by atoms with Crippen LogP contribution in [0.2, 0.25) is 0 Å². The maximum atomic E-state index is 6.04. The molecule has 1 aromatic heterocycles. The molecule has 2 N–H and O–H groups in total. The zero-order valence-corrected chi connectivity index (χ0v) is 13.6. The van der Waals surface area contributed by atoms with Gasteiger partial charge < -0.3 is 5.73 Å². The average Bonchev–Trinajstić information content (AvgIpc) is 2.50. The van der Waals surface area contributed by atoms with Gasteiger partial charge >= 0.3 is 0 Å². The number of likely N-dealkylation sites (tertiary alicyclic amines) is 1. The van der Waals surface area contributed by atoms with E-state index in [4.69, 9.17) is 5.73 Å². The van der Waals surface area contributed by atoms with Crippen LogP contribution < -0.4 is 5.73 Å². The fourth-order valence-electron chi connectivity index (χ4n) is 2.46. The van der Waals surface area contributed by atoms with Crippen molar-refractivity contribution in [3.05, 3.63) is 15.9 Å². The molecule has 0 aliphatic carbocycles. The minimum Gasteiger partial charge on any atom is -0.327 e. The second kappa shape index (κ2) is 6.37. The van der Waals surface area contributed by atoms with Crippen molar-refractivity contribution in [3.63, 3.8) is 0 Å². The molecule has 1 aliphatic rings. The highest BCUT2D eigenvalue weighted by Gasteiger charge is 2.24. The minimum atomic E-state index is 0.